The molecule has 0 atom stereocenters. The second-order valence-electron chi connectivity index (χ2n) is 2.61. The van der Waals surface area contributed by atoms with Crippen LogP contribution < -0.4 is 10.9 Å². The van der Waals surface area contributed by atoms with E-state index in [1.807, 2.05) is 0 Å². The summed E-state index contributed by atoms with van der Waals surface area (Å²) >= 11 is 5.75. The molecule has 1 heterocycles. The number of rotatable bonds is 1. The molecule has 0 aliphatic rings. The largest absolute Gasteiger partial charge is 0.274 e. The van der Waals surface area contributed by atoms with Crippen molar-refractivity contribution in [1.82, 2.24) is 20.6 Å². The average Bonchev–Trinajstić information content (AvgIpc) is 2.44. The minimum atomic E-state index is -0.502. The second kappa shape index (κ2) is 4.10. The van der Waals surface area contributed by atoms with E-state index < -0.39 is 5.91 Å². The van der Waals surface area contributed by atoms with Crippen molar-refractivity contribution in [1.29, 1.82) is 0 Å². The quantitative estimate of drug-likeness (QED) is 0.642. The zero-order valence-electron chi connectivity index (χ0n) is 7.67. The minimum Gasteiger partial charge on any atom is -0.274 e. The molecule has 0 aromatic carbocycles. The predicted molar refractivity (Wildman–Crippen MR) is 49.5 cm³/mol. The van der Waals surface area contributed by atoms with Gasteiger partial charge in [-0.15, -0.1) is 0 Å². The molecule has 2 N–H and O–H groups in total. The number of nitrogens with zero attached hydrogens (tertiary/aromatic N) is 2. The first-order chi connectivity index (χ1) is 6.52. The summed E-state index contributed by atoms with van der Waals surface area (Å²) < 4.78 is 1.35. The maximum Gasteiger partial charge on any atom is 0.274 e. The van der Waals surface area contributed by atoms with Gasteiger partial charge in [-0.1, -0.05) is 11.6 Å². The fourth-order valence-corrected chi connectivity index (χ4v) is 0.965. The molecule has 0 unspecified atom stereocenters. The number of aromatic nitrogens is 2. The van der Waals surface area contributed by atoms with Gasteiger partial charge >= 0.3 is 0 Å². The third-order valence-corrected chi connectivity index (χ3v) is 1.91. The number of halogens is 1. The zero-order valence-corrected chi connectivity index (χ0v) is 8.42. The lowest BCUT2D eigenvalue weighted by atomic mass is 10.3. The molecule has 2 amide bonds. The Hall–Kier alpha value is -1.56. The lowest BCUT2D eigenvalue weighted by Gasteiger charge is -2.02. The summed E-state index contributed by atoms with van der Waals surface area (Å²) in [7, 11) is 1.61. The number of hydrogen-bond acceptors (Lipinski definition) is 3. The normalized spacial score (nSPS) is 9.64. The Balaban J connectivity index is 2.70. The second-order valence-corrected chi connectivity index (χ2v) is 2.97. The number of amides is 2. The predicted octanol–water partition coefficient (Wildman–Crippen LogP) is -0.146. The third-order valence-electron chi connectivity index (χ3n) is 1.46. The van der Waals surface area contributed by atoms with E-state index in [0.29, 0.717) is 0 Å². The van der Waals surface area contributed by atoms with Gasteiger partial charge in [0, 0.05) is 14.0 Å². The topological polar surface area (TPSA) is 76.0 Å². The first-order valence-electron chi connectivity index (χ1n) is 3.76. The molecule has 1 rings (SSSR count). The van der Waals surface area contributed by atoms with E-state index in [4.69, 9.17) is 11.6 Å². The summed E-state index contributed by atoms with van der Waals surface area (Å²) in [5, 5.41) is 3.99. The highest BCUT2D eigenvalue weighted by Crippen LogP contribution is 2.12. The van der Waals surface area contributed by atoms with Gasteiger partial charge in [0.2, 0.25) is 5.91 Å². The number of nitrogens with one attached hydrogen (secondary N) is 2. The van der Waals surface area contributed by atoms with Gasteiger partial charge in [0.1, 0.15) is 5.15 Å². The monoisotopic (exact) mass is 216 g/mol. The summed E-state index contributed by atoms with van der Waals surface area (Å²) in [5.74, 6) is -0.864. The summed E-state index contributed by atoms with van der Waals surface area (Å²) in [6, 6.07) is 0. The lowest BCUT2D eigenvalue weighted by Crippen LogP contribution is -2.40. The van der Waals surface area contributed by atoms with Crippen LogP contribution >= 0.6 is 11.6 Å². The molecule has 0 fully saturated rings. The molecule has 0 saturated carbocycles. The van der Waals surface area contributed by atoms with E-state index in [2.05, 4.69) is 16.0 Å². The lowest BCUT2D eigenvalue weighted by molar-refractivity contribution is -0.119. The van der Waals surface area contributed by atoms with E-state index in [9.17, 15) is 9.59 Å². The van der Waals surface area contributed by atoms with Gasteiger partial charge in [-0.25, -0.2) is 0 Å². The Kier molecular flexibility index (Phi) is 3.08. The Morgan fingerprint density at radius 3 is 2.57 bits per heavy atom. The van der Waals surface area contributed by atoms with E-state index in [1.165, 1.54) is 17.8 Å². The van der Waals surface area contributed by atoms with Crippen LogP contribution in [0.3, 0.4) is 0 Å². The van der Waals surface area contributed by atoms with Gasteiger partial charge in [0.05, 0.1) is 11.8 Å². The average molecular weight is 217 g/mol. The fourth-order valence-electron chi connectivity index (χ4n) is 0.787. The summed E-state index contributed by atoms with van der Waals surface area (Å²) in [5.41, 5.74) is 4.53. The van der Waals surface area contributed by atoms with Crippen LogP contribution in [0.4, 0.5) is 0 Å². The maximum atomic E-state index is 11.3. The molecule has 7 heteroatoms. The molecule has 1 aromatic heterocycles. The molecule has 0 radical (unpaired) electrons. The molecule has 6 nitrogen and oxygen atoms in total. The molecule has 0 aliphatic carbocycles. The number of hydrogen-bond donors (Lipinski definition) is 2. The van der Waals surface area contributed by atoms with Crippen molar-refractivity contribution >= 4 is 23.4 Å². The van der Waals surface area contributed by atoms with Gasteiger partial charge in [0.15, 0.2) is 0 Å². The molecular weight excluding hydrogens is 208 g/mol. The van der Waals surface area contributed by atoms with Crippen LogP contribution in [-0.4, -0.2) is 21.6 Å². The fraction of sp³-hybridized carbons (Fsp3) is 0.286. The van der Waals surface area contributed by atoms with Crippen LogP contribution in [0.2, 0.25) is 5.15 Å². The Morgan fingerprint density at radius 2 is 2.14 bits per heavy atom. The van der Waals surface area contributed by atoms with Crippen molar-refractivity contribution in [2.45, 2.75) is 6.92 Å². The molecule has 0 bridgehead atoms. The number of hydrazine groups is 1. The highest BCUT2D eigenvalue weighted by Gasteiger charge is 2.13. The van der Waals surface area contributed by atoms with E-state index in [-0.39, 0.29) is 16.6 Å². The zero-order chi connectivity index (χ0) is 10.7. The van der Waals surface area contributed by atoms with Gasteiger partial charge in [0.25, 0.3) is 5.91 Å². The molecule has 76 valence electrons. The maximum absolute atomic E-state index is 11.3. The van der Waals surface area contributed by atoms with Crippen LogP contribution in [0.1, 0.15) is 17.3 Å². The van der Waals surface area contributed by atoms with Crippen molar-refractivity contribution in [2.75, 3.05) is 0 Å². The smallest absolute Gasteiger partial charge is 0.274 e. The van der Waals surface area contributed by atoms with Gasteiger partial charge in [-0.2, -0.15) is 5.10 Å². The first-order valence-corrected chi connectivity index (χ1v) is 4.14. The third kappa shape index (κ3) is 2.23. The van der Waals surface area contributed by atoms with Crippen molar-refractivity contribution in [3.63, 3.8) is 0 Å². The summed E-state index contributed by atoms with van der Waals surface area (Å²) in [6.45, 7) is 1.28. The number of carbonyl (C=O) groups excluding carboxylic acids is 2. The standard InChI is InChI=1S/C7H9ClN4O2/c1-4(13)10-11-7(14)5-3-9-12(2)6(5)8/h3H,1-2H3,(H,10,13)(H,11,14). The van der Waals surface area contributed by atoms with Crippen molar-refractivity contribution < 1.29 is 9.59 Å². The molecule has 0 spiro atoms. The van der Waals surface area contributed by atoms with Crippen LogP contribution in [-0.2, 0) is 11.8 Å². The summed E-state index contributed by atoms with van der Waals surface area (Å²) in [4.78, 5) is 21.8. The van der Waals surface area contributed by atoms with Crippen LogP contribution in [0.5, 0.6) is 0 Å². The first kappa shape index (κ1) is 10.5. The molecule has 0 aliphatic heterocycles. The molecule has 14 heavy (non-hydrogen) atoms. The van der Waals surface area contributed by atoms with Crippen molar-refractivity contribution in [2.24, 2.45) is 7.05 Å². The van der Waals surface area contributed by atoms with Crippen LogP contribution in [0.15, 0.2) is 6.20 Å². The molecule has 0 saturated heterocycles. The number of carbonyl (C=O) groups is 2. The summed E-state index contributed by atoms with van der Waals surface area (Å²) in [6.07, 6.45) is 1.32. The molecular formula is C7H9ClN4O2. The highest BCUT2D eigenvalue weighted by molar-refractivity contribution is 6.32. The highest BCUT2D eigenvalue weighted by atomic mass is 35.5. The van der Waals surface area contributed by atoms with Gasteiger partial charge in [-0.05, 0) is 0 Å². The van der Waals surface area contributed by atoms with E-state index in [1.54, 1.807) is 7.05 Å². The minimum absolute atomic E-state index is 0.211. The van der Waals surface area contributed by atoms with Crippen molar-refractivity contribution in [3.05, 3.63) is 16.9 Å². The van der Waals surface area contributed by atoms with Crippen LogP contribution in [0, 0.1) is 0 Å². The molecule has 1 aromatic rings. The Bertz CT molecular complexity index is 374. The Morgan fingerprint density at radius 1 is 1.50 bits per heavy atom. The van der Waals surface area contributed by atoms with E-state index in [0.717, 1.165) is 0 Å². The van der Waals surface area contributed by atoms with Gasteiger partial charge < -0.3 is 0 Å². The SMILES string of the molecule is CC(=O)NNC(=O)c1cnn(C)c1Cl. The van der Waals surface area contributed by atoms with Crippen LogP contribution in [0.25, 0.3) is 0 Å². The van der Waals surface area contributed by atoms with Gasteiger partial charge in [-0.3, -0.25) is 25.1 Å². The van der Waals surface area contributed by atoms with E-state index >= 15 is 0 Å². The number of aryl methyl sites for hydroxylation is 1. The Labute approximate surface area is 85.2 Å². The van der Waals surface area contributed by atoms with Crippen molar-refractivity contribution in [3.8, 4) is 0 Å².